The van der Waals surface area contributed by atoms with E-state index in [1.165, 1.54) is 0 Å². The van der Waals surface area contributed by atoms with Crippen molar-refractivity contribution in [2.45, 2.75) is 20.3 Å². The Kier molecular flexibility index (Phi) is 3.33. The summed E-state index contributed by atoms with van der Waals surface area (Å²) >= 11 is 0. The molecule has 68 valence electrons. The number of nitriles is 1. The van der Waals surface area contributed by atoms with Crippen LogP contribution < -0.4 is 4.90 Å². The molecular weight excluding hydrogens is 160 g/mol. The minimum absolute atomic E-state index is 0.793. The lowest BCUT2D eigenvalue weighted by molar-refractivity contribution is 0.884. The molecule has 1 aromatic carbocycles. The van der Waals surface area contributed by atoms with Gasteiger partial charge >= 0.3 is 0 Å². The van der Waals surface area contributed by atoms with Crippen LogP contribution in [0, 0.1) is 18.4 Å². The van der Waals surface area contributed by atoms with E-state index in [0.717, 1.165) is 24.2 Å². The van der Waals surface area contributed by atoms with E-state index >= 15 is 0 Å². The van der Waals surface area contributed by atoms with E-state index in [0.29, 0.717) is 0 Å². The zero-order chi connectivity index (χ0) is 9.68. The van der Waals surface area contributed by atoms with Crippen molar-refractivity contribution in [3.05, 3.63) is 29.8 Å². The van der Waals surface area contributed by atoms with Gasteiger partial charge in [-0.3, -0.25) is 4.90 Å². The number of para-hydroxylation sites is 1. The van der Waals surface area contributed by atoms with Crippen LogP contribution in [0.15, 0.2) is 24.3 Å². The fourth-order valence-corrected chi connectivity index (χ4v) is 1.31. The van der Waals surface area contributed by atoms with E-state index in [1.54, 1.807) is 4.90 Å². The molecule has 0 fully saturated rings. The fraction of sp³-hybridized carbons (Fsp3) is 0.364. The van der Waals surface area contributed by atoms with Crippen molar-refractivity contribution in [1.29, 1.82) is 5.26 Å². The van der Waals surface area contributed by atoms with Gasteiger partial charge in [0.1, 0.15) is 0 Å². The number of anilines is 1. The average molecular weight is 174 g/mol. The third kappa shape index (κ3) is 2.22. The molecule has 0 aliphatic carbocycles. The SMILES string of the molecule is CCCN(C#N)c1ccccc1C. The van der Waals surface area contributed by atoms with E-state index in [4.69, 9.17) is 5.26 Å². The number of rotatable bonds is 3. The summed E-state index contributed by atoms with van der Waals surface area (Å²) in [6.45, 7) is 4.89. The van der Waals surface area contributed by atoms with Crippen LogP contribution in [0.3, 0.4) is 0 Å². The van der Waals surface area contributed by atoms with Crippen molar-refractivity contribution in [3.8, 4) is 6.19 Å². The molecule has 0 aromatic heterocycles. The molecule has 0 N–H and O–H groups in total. The Morgan fingerprint density at radius 3 is 2.62 bits per heavy atom. The minimum Gasteiger partial charge on any atom is -0.279 e. The lowest BCUT2D eigenvalue weighted by Crippen LogP contribution is -2.17. The summed E-state index contributed by atoms with van der Waals surface area (Å²) < 4.78 is 0. The molecule has 0 aliphatic heterocycles. The summed E-state index contributed by atoms with van der Waals surface area (Å²) in [6, 6.07) is 7.95. The van der Waals surface area contributed by atoms with Gasteiger partial charge in [0, 0.05) is 6.54 Å². The van der Waals surface area contributed by atoms with Gasteiger partial charge in [-0.2, -0.15) is 5.26 Å². The lowest BCUT2D eigenvalue weighted by atomic mass is 10.2. The molecule has 13 heavy (non-hydrogen) atoms. The van der Waals surface area contributed by atoms with Crippen molar-refractivity contribution in [2.75, 3.05) is 11.4 Å². The summed E-state index contributed by atoms with van der Waals surface area (Å²) in [5, 5.41) is 8.91. The molecule has 0 aliphatic rings. The second-order valence-corrected chi connectivity index (χ2v) is 3.04. The average Bonchev–Trinajstić information content (AvgIpc) is 2.16. The molecule has 2 nitrogen and oxygen atoms in total. The predicted octanol–water partition coefficient (Wildman–Crippen LogP) is 2.69. The van der Waals surface area contributed by atoms with Gasteiger partial charge in [0.15, 0.2) is 6.19 Å². The number of benzene rings is 1. The molecule has 0 spiro atoms. The lowest BCUT2D eigenvalue weighted by Gasteiger charge is -2.16. The highest BCUT2D eigenvalue weighted by molar-refractivity contribution is 5.55. The van der Waals surface area contributed by atoms with Crippen LogP contribution in [0.25, 0.3) is 0 Å². The number of aryl methyl sites for hydroxylation is 1. The van der Waals surface area contributed by atoms with Gasteiger partial charge in [0.05, 0.1) is 5.69 Å². The molecule has 0 saturated carbocycles. The maximum atomic E-state index is 8.91. The fourth-order valence-electron chi connectivity index (χ4n) is 1.31. The smallest absolute Gasteiger partial charge is 0.184 e. The summed E-state index contributed by atoms with van der Waals surface area (Å²) in [4.78, 5) is 1.73. The van der Waals surface area contributed by atoms with Crippen molar-refractivity contribution in [3.63, 3.8) is 0 Å². The van der Waals surface area contributed by atoms with Crippen LogP contribution in [0.1, 0.15) is 18.9 Å². The number of hydrogen-bond donors (Lipinski definition) is 0. The van der Waals surface area contributed by atoms with Crippen LogP contribution in [0.4, 0.5) is 5.69 Å². The molecule has 0 saturated heterocycles. The van der Waals surface area contributed by atoms with E-state index in [9.17, 15) is 0 Å². The largest absolute Gasteiger partial charge is 0.279 e. The van der Waals surface area contributed by atoms with E-state index in [-0.39, 0.29) is 0 Å². The van der Waals surface area contributed by atoms with E-state index in [2.05, 4.69) is 13.1 Å². The Bertz CT molecular complexity index is 312. The van der Waals surface area contributed by atoms with Gasteiger partial charge in [-0.05, 0) is 25.0 Å². The zero-order valence-electron chi connectivity index (χ0n) is 8.12. The first-order valence-corrected chi connectivity index (χ1v) is 4.52. The van der Waals surface area contributed by atoms with Gasteiger partial charge in [-0.1, -0.05) is 25.1 Å². The molecule has 1 rings (SSSR count). The third-order valence-electron chi connectivity index (χ3n) is 1.97. The first-order chi connectivity index (χ1) is 6.29. The van der Waals surface area contributed by atoms with Crippen LogP contribution in [-0.2, 0) is 0 Å². The van der Waals surface area contributed by atoms with Gasteiger partial charge in [0.2, 0.25) is 0 Å². The Labute approximate surface area is 79.4 Å². The number of hydrogen-bond acceptors (Lipinski definition) is 2. The summed E-state index contributed by atoms with van der Waals surface area (Å²) in [5.74, 6) is 0. The molecule has 0 bridgehead atoms. The third-order valence-corrected chi connectivity index (χ3v) is 1.97. The van der Waals surface area contributed by atoms with Crippen molar-refractivity contribution >= 4 is 5.69 Å². The maximum Gasteiger partial charge on any atom is 0.184 e. The van der Waals surface area contributed by atoms with Crippen LogP contribution in [-0.4, -0.2) is 6.54 Å². The topological polar surface area (TPSA) is 27.0 Å². The molecule has 1 aromatic rings. The molecule has 2 heteroatoms. The quantitative estimate of drug-likeness (QED) is 0.520. The Morgan fingerprint density at radius 2 is 2.08 bits per heavy atom. The second kappa shape index (κ2) is 4.51. The van der Waals surface area contributed by atoms with Crippen LogP contribution in [0.5, 0.6) is 0 Å². The first-order valence-electron chi connectivity index (χ1n) is 4.52. The standard InChI is InChI=1S/C11H14N2/c1-3-8-13(9-12)11-7-5-4-6-10(11)2/h4-7H,3,8H2,1-2H3. The summed E-state index contributed by atoms with van der Waals surface area (Å²) in [7, 11) is 0. The monoisotopic (exact) mass is 174 g/mol. The Balaban J connectivity index is 2.92. The predicted molar refractivity (Wildman–Crippen MR) is 54.4 cm³/mol. The van der Waals surface area contributed by atoms with Crippen molar-refractivity contribution in [1.82, 2.24) is 0 Å². The van der Waals surface area contributed by atoms with Crippen LogP contribution >= 0.6 is 0 Å². The van der Waals surface area contributed by atoms with E-state index in [1.807, 2.05) is 31.2 Å². The Morgan fingerprint density at radius 1 is 1.38 bits per heavy atom. The van der Waals surface area contributed by atoms with Gasteiger partial charge in [-0.25, -0.2) is 0 Å². The first kappa shape index (κ1) is 9.60. The van der Waals surface area contributed by atoms with E-state index < -0.39 is 0 Å². The molecule has 0 amide bonds. The second-order valence-electron chi connectivity index (χ2n) is 3.04. The zero-order valence-corrected chi connectivity index (χ0v) is 8.12. The molecular formula is C11H14N2. The number of nitrogens with zero attached hydrogens (tertiary/aromatic N) is 2. The normalized spacial score (nSPS) is 9.31. The molecule has 0 heterocycles. The Hall–Kier alpha value is -1.49. The highest BCUT2D eigenvalue weighted by atomic mass is 15.1. The molecule has 0 atom stereocenters. The molecule has 0 radical (unpaired) electrons. The maximum absolute atomic E-state index is 8.91. The van der Waals surface area contributed by atoms with Gasteiger partial charge in [0.25, 0.3) is 0 Å². The van der Waals surface area contributed by atoms with Crippen molar-refractivity contribution in [2.24, 2.45) is 0 Å². The highest BCUT2D eigenvalue weighted by Gasteiger charge is 2.05. The van der Waals surface area contributed by atoms with Crippen LogP contribution in [0.2, 0.25) is 0 Å². The summed E-state index contributed by atoms with van der Waals surface area (Å²) in [6.07, 6.45) is 3.18. The molecule has 0 unspecified atom stereocenters. The summed E-state index contributed by atoms with van der Waals surface area (Å²) in [5.41, 5.74) is 2.17. The van der Waals surface area contributed by atoms with Gasteiger partial charge < -0.3 is 0 Å². The minimum atomic E-state index is 0.793. The van der Waals surface area contributed by atoms with Crippen molar-refractivity contribution < 1.29 is 0 Å². The highest BCUT2D eigenvalue weighted by Crippen LogP contribution is 2.18. The van der Waals surface area contributed by atoms with Gasteiger partial charge in [-0.15, -0.1) is 0 Å².